The molecule has 0 N–H and O–H groups in total. The molecule has 0 aliphatic carbocycles. The molecule has 0 saturated heterocycles. The van der Waals surface area contributed by atoms with Gasteiger partial charge in [0.1, 0.15) is 23.4 Å². The Hall–Kier alpha value is -3.09. The normalized spacial score (nSPS) is 17.8. The maximum absolute atomic E-state index is 11.7. The molecule has 0 saturated carbocycles. The van der Waals surface area contributed by atoms with Gasteiger partial charge in [0.2, 0.25) is 0 Å². The van der Waals surface area contributed by atoms with Gasteiger partial charge >= 0.3 is 5.97 Å². The highest BCUT2D eigenvalue weighted by Crippen LogP contribution is 2.44. The summed E-state index contributed by atoms with van der Waals surface area (Å²) in [7, 11) is 6.30. The summed E-state index contributed by atoms with van der Waals surface area (Å²) in [6, 6.07) is 9.07. The number of ether oxygens (including phenoxy) is 6. The third-order valence-electron chi connectivity index (χ3n) is 4.65. The minimum atomic E-state index is -0.523. The van der Waals surface area contributed by atoms with Crippen LogP contribution in [0.1, 0.15) is 24.2 Å². The molecule has 2 aromatic carbocycles. The molecule has 1 aliphatic rings. The quantitative estimate of drug-likeness (QED) is 0.703. The van der Waals surface area contributed by atoms with Gasteiger partial charge in [0, 0.05) is 36.6 Å². The highest BCUT2D eigenvalue weighted by atomic mass is 16.6. The molecule has 0 spiro atoms. The molecule has 150 valence electrons. The fourth-order valence-electron chi connectivity index (χ4n) is 3.35. The number of carbonyl (C=O) groups excluding carboxylic acids is 1. The van der Waals surface area contributed by atoms with Gasteiger partial charge in [-0.2, -0.15) is 0 Å². The average Bonchev–Trinajstić information content (AvgIpc) is 2.71. The largest absolute Gasteiger partial charge is 0.496 e. The Morgan fingerprint density at radius 3 is 2.25 bits per heavy atom. The van der Waals surface area contributed by atoms with Crippen molar-refractivity contribution in [1.29, 1.82) is 0 Å². The van der Waals surface area contributed by atoms with Gasteiger partial charge in [0.05, 0.1) is 28.4 Å². The zero-order valence-corrected chi connectivity index (χ0v) is 16.6. The lowest BCUT2D eigenvalue weighted by atomic mass is 9.93. The van der Waals surface area contributed by atoms with Crippen molar-refractivity contribution in [3.8, 4) is 28.7 Å². The van der Waals surface area contributed by atoms with Crippen molar-refractivity contribution in [3.05, 3.63) is 41.5 Å². The van der Waals surface area contributed by atoms with E-state index < -0.39 is 12.2 Å². The van der Waals surface area contributed by atoms with Crippen LogP contribution in [0, 0.1) is 0 Å². The van der Waals surface area contributed by atoms with Crippen LogP contribution in [0.2, 0.25) is 0 Å². The van der Waals surface area contributed by atoms with Crippen molar-refractivity contribution < 1.29 is 33.2 Å². The zero-order chi connectivity index (χ0) is 20.3. The first kappa shape index (κ1) is 19.7. The average molecular weight is 388 g/mol. The standard InChI is InChI=1S/C21H24O7/c1-12(22)27-20-11-15-17(25-4)9-14(23-2)10-18(15)28-21(20)13-6-7-16(24-3)19(8-13)26-5/h6-10,20-21H,11H2,1-5H3/t20-,21-/m1/s1. The number of hydrogen-bond donors (Lipinski definition) is 0. The maximum atomic E-state index is 11.7. The summed E-state index contributed by atoms with van der Waals surface area (Å²) in [5, 5.41) is 0. The summed E-state index contributed by atoms with van der Waals surface area (Å²) in [5.74, 6) is 2.66. The van der Waals surface area contributed by atoms with E-state index in [9.17, 15) is 4.79 Å². The Balaban J connectivity index is 2.06. The van der Waals surface area contributed by atoms with Crippen molar-refractivity contribution in [3.63, 3.8) is 0 Å². The topological polar surface area (TPSA) is 72.5 Å². The molecule has 0 unspecified atom stereocenters. The highest BCUT2D eigenvalue weighted by molar-refractivity contribution is 5.66. The van der Waals surface area contributed by atoms with Crippen LogP contribution >= 0.6 is 0 Å². The lowest BCUT2D eigenvalue weighted by molar-refractivity contribution is -0.152. The van der Waals surface area contributed by atoms with Gasteiger partial charge in [-0.3, -0.25) is 4.79 Å². The van der Waals surface area contributed by atoms with Gasteiger partial charge in [0.25, 0.3) is 0 Å². The van der Waals surface area contributed by atoms with Crippen LogP contribution in [0.15, 0.2) is 30.3 Å². The molecule has 0 amide bonds. The van der Waals surface area contributed by atoms with Crippen LogP contribution in [0.5, 0.6) is 28.7 Å². The molecule has 1 heterocycles. The number of esters is 1. The molecule has 0 radical (unpaired) electrons. The lowest BCUT2D eigenvalue weighted by Crippen LogP contribution is -2.34. The summed E-state index contributed by atoms with van der Waals surface area (Å²) in [6.45, 7) is 1.38. The van der Waals surface area contributed by atoms with Crippen molar-refractivity contribution >= 4 is 5.97 Å². The fraction of sp³-hybridized carbons (Fsp3) is 0.381. The van der Waals surface area contributed by atoms with E-state index >= 15 is 0 Å². The van der Waals surface area contributed by atoms with Gasteiger partial charge < -0.3 is 28.4 Å². The Morgan fingerprint density at radius 2 is 1.64 bits per heavy atom. The highest BCUT2D eigenvalue weighted by Gasteiger charge is 2.36. The molecular weight excluding hydrogens is 364 g/mol. The second kappa shape index (κ2) is 8.29. The number of carbonyl (C=O) groups is 1. The molecule has 7 heteroatoms. The Kier molecular flexibility index (Phi) is 5.82. The van der Waals surface area contributed by atoms with Crippen molar-refractivity contribution in [2.45, 2.75) is 25.6 Å². The van der Waals surface area contributed by atoms with E-state index in [2.05, 4.69) is 0 Å². The first-order valence-corrected chi connectivity index (χ1v) is 8.81. The molecule has 7 nitrogen and oxygen atoms in total. The summed E-state index contributed by atoms with van der Waals surface area (Å²) in [5.41, 5.74) is 1.63. The van der Waals surface area contributed by atoms with E-state index in [0.717, 1.165) is 11.1 Å². The predicted octanol–water partition coefficient (Wildman–Crippen LogP) is 3.33. The van der Waals surface area contributed by atoms with Crippen LogP contribution in [0.25, 0.3) is 0 Å². The van der Waals surface area contributed by atoms with Crippen LogP contribution in [-0.4, -0.2) is 40.5 Å². The molecule has 28 heavy (non-hydrogen) atoms. The molecule has 0 fully saturated rings. The minimum absolute atomic E-state index is 0.380. The molecule has 2 atom stereocenters. The third-order valence-corrected chi connectivity index (χ3v) is 4.65. The molecule has 0 aromatic heterocycles. The number of benzene rings is 2. The predicted molar refractivity (Wildman–Crippen MR) is 102 cm³/mol. The third kappa shape index (κ3) is 3.78. The summed E-state index contributed by atoms with van der Waals surface area (Å²) in [6.07, 6.45) is -0.598. The summed E-state index contributed by atoms with van der Waals surface area (Å²) >= 11 is 0. The smallest absolute Gasteiger partial charge is 0.303 e. The van der Waals surface area contributed by atoms with E-state index in [0.29, 0.717) is 35.2 Å². The van der Waals surface area contributed by atoms with Crippen molar-refractivity contribution in [2.24, 2.45) is 0 Å². The Morgan fingerprint density at radius 1 is 0.929 bits per heavy atom. The molecule has 3 rings (SSSR count). The number of methoxy groups -OCH3 is 4. The molecule has 0 bridgehead atoms. The zero-order valence-electron chi connectivity index (χ0n) is 16.6. The SMILES string of the molecule is COc1cc(OC)c2c(c1)O[C@H](c1ccc(OC)c(OC)c1)[C@H](OC(C)=O)C2. The van der Waals surface area contributed by atoms with Gasteiger partial charge in [-0.1, -0.05) is 6.07 Å². The summed E-state index contributed by atoms with van der Waals surface area (Å²) in [4.78, 5) is 11.7. The minimum Gasteiger partial charge on any atom is -0.496 e. The van der Waals surface area contributed by atoms with E-state index in [-0.39, 0.29) is 5.97 Å². The Bertz CT molecular complexity index is 862. The lowest BCUT2D eigenvalue weighted by Gasteiger charge is -2.34. The van der Waals surface area contributed by atoms with E-state index in [1.165, 1.54) is 6.92 Å². The van der Waals surface area contributed by atoms with Crippen LogP contribution < -0.4 is 23.7 Å². The Labute approximate surface area is 164 Å². The van der Waals surface area contributed by atoms with Gasteiger partial charge in [-0.15, -0.1) is 0 Å². The first-order chi connectivity index (χ1) is 13.5. The van der Waals surface area contributed by atoms with Crippen LogP contribution in [0.3, 0.4) is 0 Å². The number of hydrogen-bond acceptors (Lipinski definition) is 7. The fourth-order valence-corrected chi connectivity index (χ4v) is 3.35. The van der Waals surface area contributed by atoms with Crippen LogP contribution in [0.4, 0.5) is 0 Å². The number of fused-ring (bicyclic) bond motifs is 1. The van der Waals surface area contributed by atoms with Crippen LogP contribution in [-0.2, 0) is 16.0 Å². The first-order valence-electron chi connectivity index (χ1n) is 8.81. The van der Waals surface area contributed by atoms with Gasteiger partial charge in [0.15, 0.2) is 17.6 Å². The second-order valence-electron chi connectivity index (χ2n) is 6.31. The van der Waals surface area contributed by atoms with Gasteiger partial charge in [-0.05, 0) is 12.1 Å². The van der Waals surface area contributed by atoms with E-state index in [1.54, 1.807) is 46.6 Å². The molecule has 1 aliphatic heterocycles. The maximum Gasteiger partial charge on any atom is 0.303 e. The van der Waals surface area contributed by atoms with Crippen molar-refractivity contribution in [1.82, 2.24) is 0 Å². The van der Waals surface area contributed by atoms with E-state index in [1.807, 2.05) is 12.1 Å². The summed E-state index contributed by atoms with van der Waals surface area (Å²) < 4.78 is 33.4. The van der Waals surface area contributed by atoms with Crippen molar-refractivity contribution in [2.75, 3.05) is 28.4 Å². The second-order valence-corrected chi connectivity index (χ2v) is 6.31. The number of rotatable bonds is 6. The monoisotopic (exact) mass is 388 g/mol. The molecular formula is C21H24O7. The van der Waals surface area contributed by atoms with Gasteiger partial charge in [-0.25, -0.2) is 0 Å². The van der Waals surface area contributed by atoms with E-state index in [4.69, 9.17) is 28.4 Å². The molecule has 2 aromatic rings.